The molecule has 0 fully saturated rings. The van der Waals surface area contributed by atoms with E-state index in [-0.39, 0.29) is 5.15 Å². The molecule has 0 aliphatic heterocycles. The van der Waals surface area contributed by atoms with Crippen molar-refractivity contribution in [3.63, 3.8) is 0 Å². The predicted molar refractivity (Wildman–Crippen MR) is 56.5 cm³/mol. The highest BCUT2D eigenvalue weighted by molar-refractivity contribution is 6.29. The normalized spacial score (nSPS) is 9.87. The molecule has 4 nitrogen and oxygen atoms in total. The Morgan fingerprint density at radius 2 is 2.27 bits per heavy atom. The van der Waals surface area contributed by atoms with Crippen molar-refractivity contribution in [1.82, 2.24) is 4.98 Å². The summed E-state index contributed by atoms with van der Waals surface area (Å²) in [6.45, 7) is 3.73. The van der Waals surface area contributed by atoms with Gasteiger partial charge in [-0.25, -0.2) is 9.78 Å². The third-order valence-electron chi connectivity index (χ3n) is 1.83. The Labute approximate surface area is 93.2 Å². The van der Waals surface area contributed by atoms with Crippen molar-refractivity contribution >= 4 is 17.6 Å². The van der Waals surface area contributed by atoms with Crippen molar-refractivity contribution in [3.8, 4) is 5.75 Å². The Balaban J connectivity index is 3.20. The zero-order chi connectivity index (χ0) is 11.4. The molecule has 1 aromatic rings. The number of pyridine rings is 1. The van der Waals surface area contributed by atoms with Crippen LogP contribution in [-0.4, -0.2) is 24.7 Å². The highest BCUT2D eigenvalue weighted by Gasteiger charge is 2.18. The second-order valence-electron chi connectivity index (χ2n) is 2.83. The number of carbonyl (C=O) groups is 1. The molecule has 1 aromatic heterocycles. The van der Waals surface area contributed by atoms with E-state index in [1.807, 2.05) is 0 Å². The van der Waals surface area contributed by atoms with E-state index in [0.29, 0.717) is 23.6 Å². The third kappa shape index (κ3) is 2.59. The highest BCUT2D eigenvalue weighted by atomic mass is 35.5. The third-order valence-corrected chi connectivity index (χ3v) is 2.03. The van der Waals surface area contributed by atoms with Crippen LogP contribution < -0.4 is 4.74 Å². The van der Waals surface area contributed by atoms with Gasteiger partial charge in [-0.1, -0.05) is 11.6 Å². The van der Waals surface area contributed by atoms with Gasteiger partial charge in [0.05, 0.1) is 19.4 Å². The molecular weight excluding hydrogens is 218 g/mol. The lowest BCUT2D eigenvalue weighted by atomic mass is 10.2. The minimum absolute atomic E-state index is 0.289. The number of carbonyl (C=O) groups excluding carboxylic acids is 1. The molecule has 0 radical (unpaired) electrons. The summed E-state index contributed by atoms with van der Waals surface area (Å²) in [6.07, 6.45) is 0. The lowest BCUT2D eigenvalue weighted by Gasteiger charge is -2.10. The molecule has 0 aliphatic rings. The first kappa shape index (κ1) is 11.8. The Morgan fingerprint density at radius 1 is 1.60 bits per heavy atom. The average Bonchev–Trinajstić information content (AvgIpc) is 2.16. The van der Waals surface area contributed by atoms with Gasteiger partial charge >= 0.3 is 5.97 Å². The van der Waals surface area contributed by atoms with Crippen LogP contribution in [-0.2, 0) is 4.74 Å². The Hall–Kier alpha value is -1.29. The van der Waals surface area contributed by atoms with E-state index in [9.17, 15) is 4.79 Å². The van der Waals surface area contributed by atoms with E-state index < -0.39 is 5.97 Å². The maximum absolute atomic E-state index is 11.6. The van der Waals surface area contributed by atoms with E-state index >= 15 is 0 Å². The number of nitrogens with zero attached hydrogens (tertiary/aromatic N) is 1. The molecule has 0 unspecified atom stereocenters. The molecule has 82 valence electrons. The average molecular weight is 230 g/mol. The van der Waals surface area contributed by atoms with Gasteiger partial charge < -0.3 is 9.47 Å². The van der Waals surface area contributed by atoms with Crippen LogP contribution in [0, 0.1) is 6.92 Å². The van der Waals surface area contributed by atoms with Crippen molar-refractivity contribution in [3.05, 3.63) is 22.5 Å². The molecule has 1 heterocycles. The van der Waals surface area contributed by atoms with Crippen LogP contribution >= 0.6 is 11.6 Å². The summed E-state index contributed by atoms with van der Waals surface area (Å²) in [4.78, 5) is 15.5. The Bertz CT molecular complexity index is 379. The number of rotatable bonds is 3. The number of esters is 1. The van der Waals surface area contributed by atoms with E-state index in [2.05, 4.69) is 4.98 Å². The molecule has 0 spiro atoms. The number of hydrogen-bond donors (Lipinski definition) is 0. The summed E-state index contributed by atoms with van der Waals surface area (Å²) in [7, 11) is 1.47. The first-order valence-electron chi connectivity index (χ1n) is 4.48. The van der Waals surface area contributed by atoms with Gasteiger partial charge in [0, 0.05) is 6.07 Å². The highest BCUT2D eigenvalue weighted by Crippen LogP contribution is 2.24. The SMILES string of the molecule is CCOC(=O)c1c(OC)cc(Cl)nc1C. The summed E-state index contributed by atoms with van der Waals surface area (Å²) in [5.41, 5.74) is 0.821. The van der Waals surface area contributed by atoms with Crippen LogP contribution in [0.3, 0.4) is 0 Å². The van der Waals surface area contributed by atoms with E-state index in [4.69, 9.17) is 21.1 Å². The summed E-state index contributed by atoms with van der Waals surface area (Å²) in [5, 5.41) is 0.289. The van der Waals surface area contributed by atoms with Crippen LogP contribution in [0.4, 0.5) is 0 Å². The molecule has 0 saturated heterocycles. The van der Waals surface area contributed by atoms with Crippen LogP contribution in [0.25, 0.3) is 0 Å². The first-order valence-corrected chi connectivity index (χ1v) is 4.86. The number of ether oxygens (including phenoxy) is 2. The molecule has 5 heteroatoms. The number of aromatic nitrogens is 1. The molecule has 0 atom stereocenters. The fourth-order valence-electron chi connectivity index (χ4n) is 1.22. The second-order valence-corrected chi connectivity index (χ2v) is 3.22. The molecular formula is C10H12ClNO3. The van der Waals surface area contributed by atoms with Crippen molar-refractivity contribution in [2.45, 2.75) is 13.8 Å². The van der Waals surface area contributed by atoms with Gasteiger partial charge in [0.25, 0.3) is 0 Å². The van der Waals surface area contributed by atoms with Crippen molar-refractivity contribution in [2.75, 3.05) is 13.7 Å². The van der Waals surface area contributed by atoms with Gasteiger partial charge in [-0.15, -0.1) is 0 Å². The van der Waals surface area contributed by atoms with Gasteiger partial charge in [0.2, 0.25) is 0 Å². The second kappa shape index (κ2) is 4.98. The van der Waals surface area contributed by atoms with Gasteiger partial charge in [0.1, 0.15) is 16.5 Å². The number of methoxy groups -OCH3 is 1. The molecule has 1 rings (SSSR count). The zero-order valence-corrected chi connectivity index (χ0v) is 9.59. The lowest BCUT2D eigenvalue weighted by Crippen LogP contribution is -2.10. The van der Waals surface area contributed by atoms with E-state index in [0.717, 1.165) is 0 Å². The summed E-state index contributed by atoms with van der Waals surface area (Å²) >= 11 is 5.74. The van der Waals surface area contributed by atoms with Gasteiger partial charge in [-0.2, -0.15) is 0 Å². The van der Waals surface area contributed by atoms with Crippen LogP contribution in [0.5, 0.6) is 5.75 Å². The largest absolute Gasteiger partial charge is 0.496 e. The van der Waals surface area contributed by atoms with Crippen LogP contribution in [0.2, 0.25) is 5.15 Å². The fraction of sp³-hybridized carbons (Fsp3) is 0.400. The van der Waals surface area contributed by atoms with Crippen LogP contribution in [0.15, 0.2) is 6.07 Å². The molecule has 0 saturated carbocycles. The predicted octanol–water partition coefficient (Wildman–Crippen LogP) is 2.23. The van der Waals surface area contributed by atoms with Gasteiger partial charge in [-0.3, -0.25) is 0 Å². The smallest absolute Gasteiger partial charge is 0.343 e. The molecule has 15 heavy (non-hydrogen) atoms. The van der Waals surface area contributed by atoms with E-state index in [1.54, 1.807) is 13.8 Å². The number of aryl methyl sites for hydroxylation is 1. The van der Waals surface area contributed by atoms with Crippen molar-refractivity contribution in [1.29, 1.82) is 0 Å². The minimum Gasteiger partial charge on any atom is -0.496 e. The minimum atomic E-state index is -0.448. The van der Waals surface area contributed by atoms with Gasteiger partial charge in [-0.05, 0) is 13.8 Å². The first-order chi connectivity index (χ1) is 7.10. The molecule has 0 amide bonds. The molecule has 0 N–H and O–H groups in total. The zero-order valence-electron chi connectivity index (χ0n) is 8.83. The molecule has 0 aliphatic carbocycles. The fourth-order valence-corrected chi connectivity index (χ4v) is 1.45. The van der Waals surface area contributed by atoms with Crippen molar-refractivity contribution in [2.24, 2.45) is 0 Å². The topological polar surface area (TPSA) is 48.4 Å². The van der Waals surface area contributed by atoms with Crippen LogP contribution in [0.1, 0.15) is 23.0 Å². The summed E-state index contributed by atoms with van der Waals surface area (Å²) in [6, 6.07) is 1.49. The quantitative estimate of drug-likeness (QED) is 0.589. The monoisotopic (exact) mass is 229 g/mol. The number of halogens is 1. The summed E-state index contributed by atoms with van der Waals surface area (Å²) in [5.74, 6) is -0.0676. The summed E-state index contributed by atoms with van der Waals surface area (Å²) < 4.78 is 9.94. The molecule has 0 bridgehead atoms. The maximum atomic E-state index is 11.6. The Kier molecular flexibility index (Phi) is 3.91. The van der Waals surface area contributed by atoms with Crippen molar-refractivity contribution < 1.29 is 14.3 Å². The standard InChI is InChI=1S/C10H12ClNO3/c1-4-15-10(13)9-6(2)12-8(11)5-7(9)14-3/h5H,4H2,1-3H3. The maximum Gasteiger partial charge on any atom is 0.343 e. The van der Waals surface area contributed by atoms with Gasteiger partial charge in [0.15, 0.2) is 0 Å². The number of hydrogen-bond acceptors (Lipinski definition) is 4. The Morgan fingerprint density at radius 3 is 2.80 bits per heavy atom. The lowest BCUT2D eigenvalue weighted by molar-refractivity contribution is 0.0521. The van der Waals surface area contributed by atoms with E-state index in [1.165, 1.54) is 13.2 Å². The molecule has 0 aromatic carbocycles.